The van der Waals surface area contributed by atoms with E-state index in [1.54, 1.807) is 11.0 Å². The fourth-order valence-electron chi connectivity index (χ4n) is 3.47. The first-order valence-electron chi connectivity index (χ1n) is 8.86. The summed E-state index contributed by atoms with van der Waals surface area (Å²) in [6.07, 6.45) is 1.86. The molecule has 0 aromatic carbocycles. The van der Waals surface area contributed by atoms with Gasteiger partial charge in [0.05, 0.1) is 17.5 Å². The number of aromatic nitrogens is 4. The van der Waals surface area contributed by atoms with E-state index in [4.69, 9.17) is 11.6 Å². The first kappa shape index (κ1) is 17.7. The Morgan fingerprint density at radius 3 is 2.70 bits per heavy atom. The number of nitrogens with zero attached hydrogens (tertiary/aromatic N) is 3. The lowest BCUT2D eigenvalue weighted by molar-refractivity contribution is 0.0731. The van der Waals surface area contributed by atoms with Crippen LogP contribution in [0.25, 0.3) is 11.0 Å². The molecule has 3 aromatic heterocycles. The molecule has 0 saturated heterocycles. The zero-order chi connectivity index (χ0) is 19.3. The third-order valence-corrected chi connectivity index (χ3v) is 5.17. The lowest BCUT2D eigenvalue weighted by atomic mass is 10.1. The van der Waals surface area contributed by atoms with Gasteiger partial charge in [-0.25, -0.2) is 4.98 Å². The van der Waals surface area contributed by atoms with Crippen molar-refractivity contribution in [3.8, 4) is 0 Å². The van der Waals surface area contributed by atoms with E-state index in [0.717, 1.165) is 29.8 Å². The van der Waals surface area contributed by atoms with Crippen molar-refractivity contribution in [1.82, 2.24) is 25.1 Å². The Bertz CT molecular complexity index is 1110. The number of nitrogens with one attached hydrogen (secondary N) is 2. The van der Waals surface area contributed by atoms with Gasteiger partial charge in [0.25, 0.3) is 11.5 Å². The summed E-state index contributed by atoms with van der Waals surface area (Å²) in [6, 6.07) is 3.64. The molecule has 1 fully saturated rings. The van der Waals surface area contributed by atoms with E-state index >= 15 is 0 Å². The van der Waals surface area contributed by atoms with E-state index in [0.29, 0.717) is 22.2 Å². The number of carbonyl (C=O) groups excluding carboxylic acids is 1. The van der Waals surface area contributed by atoms with Gasteiger partial charge in [-0.2, -0.15) is 5.10 Å². The molecule has 1 aliphatic rings. The number of amides is 1. The summed E-state index contributed by atoms with van der Waals surface area (Å²) in [5.41, 5.74) is 3.80. The summed E-state index contributed by atoms with van der Waals surface area (Å²) in [6.45, 7) is 5.86. The van der Waals surface area contributed by atoms with Crippen LogP contribution in [0.2, 0.25) is 5.15 Å². The molecule has 0 spiro atoms. The minimum Gasteiger partial charge on any atom is -0.331 e. The highest BCUT2D eigenvalue weighted by Crippen LogP contribution is 2.32. The number of fused-ring (bicyclic) bond motifs is 1. The lowest BCUT2D eigenvalue weighted by Crippen LogP contribution is -2.35. The SMILES string of the molecule is Cc1cc(C)c(CN(C(=O)c2cc(Cl)nc3n[nH]c(C)c23)C2CC2)c(=O)[nH]1. The van der Waals surface area contributed by atoms with Crippen molar-refractivity contribution in [3.05, 3.63) is 55.7 Å². The third-order valence-electron chi connectivity index (χ3n) is 4.97. The molecule has 8 heteroatoms. The highest BCUT2D eigenvalue weighted by Gasteiger charge is 2.35. The molecule has 0 bridgehead atoms. The topological polar surface area (TPSA) is 94.7 Å². The minimum atomic E-state index is -0.157. The van der Waals surface area contributed by atoms with Gasteiger partial charge in [-0.1, -0.05) is 11.6 Å². The van der Waals surface area contributed by atoms with Crippen LogP contribution >= 0.6 is 11.6 Å². The average Bonchev–Trinajstić information content (AvgIpc) is 3.36. The second-order valence-corrected chi connectivity index (χ2v) is 7.53. The molecule has 4 rings (SSSR count). The molecule has 7 nitrogen and oxygen atoms in total. The Hall–Kier alpha value is -2.67. The van der Waals surface area contributed by atoms with Gasteiger partial charge in [0.1, 0.15) is 5.15 Å². The third kappa shape index (κ3) is 3.23. The Kier molecular flexibility index (Phi) is 4.26. The van der Waals surface area contributed by atoms with Crippen LogP contribution in [0.3, 0.4) is 0 Å². The van der Waals surface area contributed by atoms with Crippen LogP contribution in [0, 0.1) is 20.8 Å². The fraction of sp³-hybridized carbons (Fsp3) is 0.368. The quantitative estimate of drug-likeness (QED) is 0.675. The lowest BCUT2D eigenvalue weighted by Gasteiger charge is -2.23. The van der Waals surface area contributed by atoms with Gasteiger partial charge in [0.2, 0.25) is 0 Å². The maximum Gasteiger partial charge on any atom is 0.255 e. The van der Waals surface area contributed by atoms with Gasteiger partial charge in [-0.3, -0.25) is 14.7 Å². The van der Waals surface area contributed by atoms with E-state index in [1.807, 2.05) is 26.8 Å². The summed E-state index contributed by atoms with van der Waals surface area (Å²) < 4.78 is 0. The number of hydrogen-bond donors (Lipinski definition) is 2. The van der Waals surface area contributed by atoms with Crippen LogP contribution in [0.15, 0.2) is 16.9 Å². The van der Waals surface area contributed by atoms with Gasteiger partial charge in [-0.05, 0) is 51.3 Å². The summed E-state index contributed by atoms with van der Waals surface area (Å²) >= 11 is 6.11. The standard InChI is InChI=1S/C19H20ClN5O2/c1-9-6-10(2)21-18(26)14(9)8-25(12-4-5-12)19(27)13-7-15(20)22-17-16(13)11(3)23-24-17/h6-7,12H,4-5,8H2,1-3H3,(H,21,26)(H,22,23,24). The zero-order valence-corrected chi connectivity index (χ0v) is 16.1. The Morgan fingerprint density at radius 2 is 2.04 bits per heavy atom. The van der Waals surface area contributed by atoms with Gasteiger partial charge in [0.15, 0.2) is 5.65 Å². The van der Waals surface area contributed by atoms with Crippen molar-refractivity contribution in [2.24, 2.45) is 0 Å². The maximum atomic E-state index is 13.4. The molecule has 27 heavy (non-hydrogen) atoms. The van der Waals surface area contributed by atoms with Crippen molar-refractivity contribution < 1.29 is 4.79 Å². The number of aromatic amines is 2. The van der Waals surface area contributed by atoms with Crippen molar-refractivity contribution in [1.29, 1.82) is 0 Å². The summed E-state index contributed by atoms with van der Waals surface area (Å²) in [4.78, 5) is 34.6. The summed E-state index contributed by atoms with van der Waals surface area (Å²) in [5.74, 6) is -0.157. The molecule has 1 amide bonds. The molecule has 0 atom stereocenters. The number of pyridine rings is 2. The van der Waals surface area contributed by atoms with E-state index in [9.17, 15) is 9.59 Å². The van der Waals surface area contributed by atoms with Crippen molar-refractivity contribution in [2.75, 3.05) is 0 Å². The molecule has 3 aromatic rings. The second-order valence-electron chi connectivity index (χ2n) is 7.15. The molecule has 0 aliphatic heterocycles. The monoisotopic (exact) mass is 385 g/mol. The average molecular weight is 386 g/mol. The smallest absolute Gasteiger partial charge is 0.255 e. The number of carbonyl (C=O) groups is 1. The van der Waals surface area contributed by atoms with Gasteiger partial charge in [-0.15, -0.1) is 0 Å². The van der Waals surface area contributed by atoms with Crippen molar-refractivity contribution >= 4 is 28.5 Å². The number of aryl methyl sites for hydroxylation is 3. The fourth-order valence-corrected chi connectivity index (χ4v) is 3.66. The Balaban J connectivity index is 1.77. The van der Waals surface area contributed by atoms with Gasteiger partial charge < -0.3 is 9.88 Å². The van der Waals surface area contributed by atoms with Crippen molar-refractivity contribution in [2.45, 2.75) is 46.2 Å². The van der Waals surface area contributed by atoms with Crippen LogP contribution < -0.4 is 5.56 Å². The van der Waals surface area contributed by atoms with Gasteiger partial charge in [0, 0.05) is 23.0 Å². The molecular formula is C19H20ClN5O2. The zero-order valence-electron chi connectivity index (χ0n) is 15.4. The largest absolute Gasteiger partial charge is 0.331 e. The molecule has 0 unspecified atom stereocenters. The highest BCUT2D eigenvalue weighted by molar-refractivity contribution is 6.30. The Morgan fingerprint density at radius 1 is 1.30 bits per heavy atom. The van der Waals surface area contributed by atoms with Crippen LogP contribution in [-0.2, 0) is 6.54 Å². The van der Waals surface area contributed by atoms with E-state index < -0.39 is 0 Å². The number of H-pyrrole nitrogens is 2. The van der Waals surface area contributed by atoms with E-state index in [-0.39, 0.29) is 29.2 Å². The number of halogens is 1. The molecule has 140 valence electrons. The molecule has 1 saturated carbocycles. The second kappa shape index (κ2) is 6.49. The number of hydrogen-bond acceptors (Lipinski definition) is 4. The molecule has 0 radical (unpaired) electrons. The summed E-state index contributed by atoms with van der Waals surface area (Å²) in [7, 11) is 0. The Labute approximate surface area is 160 Å². The maximum absolute atomic E-state index is 13.4. The molecule has 2 N–H and O–H groups in total. The van der Waals surface area contributed by atoms with Crippen LogP contribution in [0.5, 0.6) is 0 Å². The predicted octanol–water partition coefficient (Wildman–Crippen LogP) is 3.03. The predicted molar refractivity (Wildman–Crippen MR) is 103 cm³/mol. The minimum absolute atomic E-state index is 0.131. The van der Waals surface area contributed by atoms with E-state index in [1.165, 1.54) is 0 Å². The highest BCUT2D eigenvalue weighted by atomic mass is 35.5. The van der Waals surface area contributed by atoms with Crippen LogP contribution in [-0.4, -0.2) is 37.0 Å². The van der Waals surface area contributed by atoms with Gasteiger partial charge >= 0.3 is 0 Å². The first-order chi connectivity index (χ1) is 12.8. The molecular weight excluding hydrogens is 366 g/mol. The van der Waals surface area contributed by atoms with Crippen molar-refractivity contribution in [3.63, 3.8) is 0 Å². The molecule has 3 heterocycles. The summed E-state index contributed by atoms with van der Waals surface area (Å²) in [5, 5.41) is 7.87. The first-order valence-corrected chi connectivity index (χ1v) is 9.24. The van der Waals surface area contributed by atoms with E-state index in [2.05, 4.69) is 20.2 Å². The van der Waals surface area contributed by atoms with Crippen LogP contribution in [0.4, 0.5) is 0 Å². The van der Waals surface area contributed by atoms with Crippen LogP contribution in [0.1, 0.15) is 45.7 Å². The molecule has 1 aliphatic carbocycles. The normalized spacial score (nSPS) is 13.9. The number of rotatable bonds is 4.